The number of rotatable bonds is 10. The molecular formula is C29H37NO8. The fourth-order valence-electron chi connectivity index (χ4n) is 5.96. The molecule has 206 valence electrons. The van der Waals surface area contributed by atoms with Gasteiger partial charge >= 0.3 is 0 Å². The van der Waals surface area contributed by atoms with Crippen molar-refractivity contribution in [3.05, 3.63) is 41.0 Å². The van der Waals surface area contributed by atoms with Crippen molar-refractivity contribution in [2.24, 2.45) is 17.8 Å². The van der Waals surface area contributed by atoms with Crippen LogP contribution in [0.25, 0.3) is 0 Å². The van der Waals surface area contributed by atoms with Gasteiger partial charge in [0.15, 0.2) is 23.0 Å². The van der Waals surface area contributed by atoms with E-state index in [4.69, 9.17) is 23.7 Å². The van der Waals surface area contributed by atoms with Crippen molar-refractivity contribution >= 4 is 5.91 Å². The van der Waals surface area contributed by atoms with Crippen LogP contribution in [0.4, 0.5) is 0 Å². The quantitative estimate of drug-likeness (QED) is 0.484. The van der Waals surface area contributed by atoms with Gasteiger partial charge in [-0.3, -0.25) is 4.79 Å². The number of fused-ring (bicyclic) bond motifs is 2. The molecule has 1 fully saturated rings. The summed E-state index contributed by atoms with van der Waals surface area (Å²) < 4.78 is 28.1. The Bertz CT molecular complexity index is 1150. The Labute approximate surface area is 223 Å². The van der Waals surface area contributed by atoms with Crippen LogP contribution in [0.15, 0.2) is 24.3 Å². The second-order valence-electron chi connectivity index (χ2n) is 10.3. The van der Waals surface area contributed by atoms with Gasteiger partial charge in [-0.1, -0.05) is 6.92 Å². The molecule has 2 aromatic carbocycles. The maximum Gasteiger partial charge on any atom is 0.231 e. The maximum atomic E-state index is 14.4. The maximum absolute atomic E-state index is 14.4. The summed E-state index contributed by atoms with van der Waals surface area (Å²) in [5.41, 5.74) is 2.12. The largest absolute Gasteiger partial charge is 0.493 e. The van der Waals surface area contributed by atoms with E-state index < -0.39 is 23.9 Å². The van der Waals surface area contributed by atoms with Gasteiger partial charge in [-0.25, -0.2) is 0 Å². The van der Waals surface area contributed by atoms with Gasteiger partial charge in [-0.2, -0.15) is 0 Å². The average molecular weight is 528 g/mol. The van der Waals surface area contributed by atoms with Crippen molar-refractivity contribution in [2.75, 3.05) is 47.8 Å². The van der Waals surface area contributed by atoms with Crippen LogP contribution in [0.3, 0.4) is 0 Å². The Hall–Kier alpha value is -3.17. The number of benzene rings is 2. The van der Waals surface area contributed by atoms with Crippen molar-refractivity contribution in [1.82, 2.24) is 4.90 Å². The number of ether oxygens (including phenoxy) is 5. The molecule has 0 bridgehead atoms. The minimum absolute atomic E-state index is 0.0704. The normalized spacial score (nSPS) is 23.5. The number of carbonyl (C=O) groups is 1. The highest BCUT2D eigenvalue weighted by Crippen LogP contribution is 2.54. The van der Waals surface area contributed by atoms with E-state index in [0.29, 0.717) is 53.3 Å². The second-order valence-corrected chi connectivity index (χ2v) is 10.3. The van der Waals surface area contributed by atoms with E-state index in [9.17, 15) is 15.0 Å². The summed E-state index contributed by atoms with van der Waals surface area (Å²) in [6.07, 6.45) is 2.00. The van der Waals surface area contributed by atoms with Crippen LogP contribution in [0.1, 0.15) is 54.9 Å². The molecule has 4 unspecified atom stereocenters. The highest BCUT2D eigenvalue weighted by atomic mass is 16.7. The molecule has 38 heavy (non-hydrogen) atoms. The van der Waals surface area contributed by atoms with Gasteiger partial charge in [-0.05, 0) is 66.1 Å². The Balaban J connectivity index is 1.71. The average Bonchev–Trinajstić information content (AvgIpc) is 3.64. The van der Waals surface area contributed by atoms with E-state index in [1.54, 1.807) is 27.4 Å². The van der Waals surface area contributed by atoms with Crippen LogP contribution in [0.5, 0.6) is 28.7 Å². The summed E-state index contributed by atoms with van der Waals surface area (Å²) in [5.74, 6) is 0.944. The first-order valence-electron chi connectivity index (χ1n) is 13.3. The molecule has 9 heteroatoms. The molecule has 5 rings (SSSR count). The van der Waals surface area contributed by atoms with Crippen LogP contribution in [0, 0.1) is 17.8 Å². The lowest BCUT2D eigenvalue weighted by atomic mass is 9.64. The van der Waals surface area contributed by atoms with E-state index in [-0.39, 0.29) is 19.3 Å². The molecule has 0 saturated heterocycles. The minimum atomic E-state index is -1.05. The van der Waals surface area contributed by atoms with Gasteiger partial charge in [0.1, 0.15) is 0 Å². The van der Waals surface area contributed by atoms with E-state index >= 15 is 0 Å². The fourth-order valence-corrected chi connectivity index (χ4v) is 5.96. The van der Waals surface area contributed by atoms with E-state index in [2.05, 4.69) is 6.92 Å². The number of aliphatic hydroxyl groups excluding tert-OH is 2. The third kappa shape index (κ3) is 4.62. The SMILES string of the molecule is CCCN(CC1CC1)C(=O)C1C(c2cc(OC)c(OC)c(OC)c2)c2cc3c(cc2C(O)C1CO)OCO3. The topological polar surface area (TPSA) is 107 Å². The number of aliphatic hydroxyl groups is 2. The summed E-state index contributed by atoms with van der Waals surface area (Å²) in [6.45, 7) is 3.10. The van der Waals surface area contributed by atoms with Crippen LogP contribution >= 0.6 is 0 Å². The number of amides is 1. The zero-order chi connectivity index (χ0) is 27.0. The summed E-state index contributed by atoms with van der Waals surface area (Å²) >= 11 is 0. The van der Waals surface area contributed by atoms with Gasteiger partial charge < -0.3 is 38.8 Å². The second kappa shape index (κ2) is 10.9. The number of hydrogen-bond acceptors (Lipinski definition) is 8. The first kappa shape index (κ1) is 26.4. The molecule has 1 aliphatic heterocycles. The molecule has 0 aromatic heterocycles. The van der Waals surface area contributed by atoms with Crippen LogP contribution in [-0.4, -0.2) is 68.8 Å². The van der Waals surface area contributed by atoms with Crippen molar-refractivity contribution < 1.29 is 38.7 Å². The van der Waals surface area contributed by atoms with Crippen molar-refractivity contribution in [2.45, 2.75) is 38.2 Å². The zero-order valence-corrected chi connectivity index (χ0v) is 22.4. The molecule has 1 heterocycles. The van der Waals surface area contributed by atoms with Gasteiger partial charge in [0.25, 0.3) is 0 Å². The van der Waals surface area contributed by atoms with E-state index in [1.165, 1.54) is 0 Å². The van der Waals surface area contributed by atoms with Gasteiger partial charge in [0, 0.05) is 31.5 Å². The Morgan fingerprint density at radius 3 is 2.16 bits per heavy atom. The number of hydrogen-bond donors (Lipinski definition) is 2. The first-order chi connectivity index (χ1) is 18.4. The first-order valence-corrected chi connectivity index (χ1v) is 13.3. The molecule has 2 aromatic rings. The monoisotopic (exact) mass is 527 g/mol. The molecule has 0 spiro atoms. The molecule has 3 aliphatic rings. The van der Waals surface area contributed by atoms with Crippen LogP contribution in [-0.2, 0) is 4.79 Å². The summed E-state index contributed by atoms with van der Waals surface area (Å²) in [7, 11) is 4.65. The van der Waals surface area contributed by atoms with Gasteiger partial charge in [0.05, 0.1) is 33.4 Å². The number of carbonyl (C=O) groups excluding carboxylic acids is 1. The zero-order valence-electron chi connectivity index (χ0n) is 22.4. The lowest BCUT2D eigenvalue weighted by molar-refractivity contribution is -0.142. The van der Waals surface area contributed by atoms with Gasteiger partial charge in [0.2, 0.25) is 18.4 Å². The third-order valence-corrected chi connectivity index (χ3v) is 7.98. The fraction of sp³-hybridized carbons (Fsp3) is 0.552. The highest BCUT2D eigenvalue weighted by Gasteiger charge is 2.49. The summed E-state index contributed by atoms with van der Waals surface area (Å²) in [5, 5.41) is 22.1. The molecule has 1 amide bonds. The smallest absolute Gasteiger partial charge is 0.231 e. The van der Waals surface area contributed by atoms with Crippen molar-refractivity contribution in [3.8, 4) is 28.7 Å². The standard InChI is InChI=1S/C29H37NO8/c1-5-8-30(13-16-6-7-16)29(33)26-20(14-31)27(32)19-12-22-21(37-15-38-22)11-18(19)25(26)17-9-23(34-2)28(36-4)24(10-17)35-3/h9-12,16,20,25-27,31-32H,5-8,13-15H2,1-4H3. The molecular weight excluding hydrogens is 490 g/mol. The minimum Gasteiger partial charge on any atom is -0.493 e. The predicted molar refractivity (Wildman–Crippen MR) is 139 cm³/mol. The predicted octanol–water partition coefficient (Wildman–Crippen LogP) is 3.49. The third-order valence-electron chi connectivity index (χ3n) is 7.98. The number of nitrogens with zero attached hydrogens (tertiary/aromatic N) is 1. The molecule has 0 radical (unpaired) electrons. The van der Waals surface area contributed by atoms with Gasteiger partial charge in [-0.15, -0.1) is 0 Å². The Morgan fingerprint density at radius 2 is 1.63 bits per heavy atom. The van der Waals surface area contributed by atoms with Crippen LogP contribution in [0.2, 0.25) is 0 Å². The molecule has 2 aliphatic carbocycles. The lowest BCUT2D eigenvalue weighted by Crippen LogP contribution is -2.47. The molecule has 4 atom stereocenters. The van der Waals surface area contributed by atoms with E-state index in [0.717, 1.165) is 30.4 Å². The summed E-state index contributed by atoms with van der Waals surface area (Å²) in [6, 6.07) is 7.31. The molecule has 1 saturated carbocycles. The Morgan fingerprint density at radius 1 is 1.00 bits per heavy atom. The lowest BCUT2D eigenvalue weighted by Gasteiger charge is -2.43. The van der Waals surface area contributed by atoms with E-state index in [1.807, 2.05) is 23.1 Å². The molecule has 9 nitrogen and oxygen atoms in total. The number of methoxy groups -OCH3 is 3. The highest BCUT2D eigenvalue weighted by molar-refractivity contribution is 5.82. The van der Waals surface area contributed by atoms with Crippen molar-refractivity contribution in [3.63, 3.8) is 0 Å². The Kier molecular flexibility index (Phi) is 7.59. The van der Waals surface area contributed by atoms with Crippen molar-refractivity contribution in [1.29, 1.82) is 0 Å². The molecule has 2 N–H and O–H groups in total. The van der Waals surface area contributed by atoms with Crippen LogP contribution < -0.4 is 23.7 Å². The summed E-state index contributed by atoms with van der Waals surface area (Å²) in [4.78, 5) is 16.3.